The van der Waals surface area contributed by atoms with Crippen LogP contribution in [0.25, 0.3) is 0 Å². The summed E-state index contributed by atoms with van der Waals surface area (Å²) in [5.41, 5.74) is 0.584. The van der Waals surface area contributed by atoms with Gasteiger partial charge in [0.1, 0.15) is 5.75 Å². The molecule has 1 aliphatic heterocycles. The number of anilines is 1. The number of aliphatic hydroxyl groups is 1. The third-order valence-electron chi connectivity index (χ3n) is 3.09. The molecule has 21 heavy (non-hydrogen) atoms. The third kappa shape index (κ3) is 5.05. The molecular weight excluding hydrogens is 305 g/mol. The van der Waals surface area contributed by atoms with Crippen LogP contribution in [0.2, 0.25) is 0 Å². The van der Waals surface area contributed by atoms with E-state index in [2.05, 4.69) is 10.1 Å². The van der Waals surface area contributed by atoms with Crippen molar-refractivity contribution < 1.29 is 23.0 Å². The molecule has 1 aromatic carbocycles. The molecule has 1 aliphatic rings. The highest BCUT2D eigenvalue weighted by Crippen LogP contribution is 2.24. The fourth-order valence-electron chi connectivity index (χ4n) is 2.01. The highest BCUT2D eigenvalue weighted by Gasteiger charge is 2.31. The fraction of sp³-hybridized carbons (Fsp3) is 0.462. The Balaban J connectivity index is 1.89. The smallest absolute Gasteiger partial charge is 0.406 e. The molecule has 2 N–H and O–H groups in total. The number of alkyl halides is 3. The molecule has 0 aromatic heterocycles. The molecule has 0 spiro atoms. The standard InChI is InChI=1S/C13H15F3N2O2S/c14-13(15,16)20-11-3-1-9(2-4-11)17-12(21)18-7-5-10(19)6-8-18/h1-4,10,19H,5-8H2,(H,17,21). The summed E-state index contributed by atoms with van der Waals surface area (Å²) in [7, 11) is 0. The molecule has 1 aromatic rings. The Morgan fingerprint density at radius 3 is 2.33 bits per heavy atom. The predicted octanol–water partition coefficient (Wildman–Crippen LogP) is 2.74. The number of aliphatic hydroxyl groups excluding tert-OH is 1. The highest BCUT2D eigenvalue weighted by molar-refractivity contribution is 7.80. The Labute approximate surface area is 125 Å². The van der Waals surface area contributed by atoms with Gasteiger partial charge in [-0.05, 0) is 49.3 Å². The predicted molar refractivity (Wildman–Crippen MR) is 76.2 cm³/mol. The Bertz CT molecular complexity index is 485. The zero-order valence-electron chi connectivity index (χ0n) is 11.1. The first-order valence-corrected chi connectivity index (χ1v) is 6.84. The van der Waals surface area contributed by atoms with Crippen molar-refractivity contribution >= 4 is 23.0 Å². The second-order valence-corrected chi connectivity index (χ2v) is 5.11. The molecule has 0 amide bonds. The van der Waals surface area contributed by atoms with Gasteiger partial charge in [0.15, 0.2) is 5.11 Å². The maximum absolute atomic E-state index is 12.0. The maximum atomic E-state index is 12.0. The Kier molecular flexibility index (Phi) is 4.89. The number of likely N-dealkylation sites (tertiary alicyclic amines) is 1. The van der Waals surface area contributed by atoms with Crippen LogP contribution in [0, 0.1) is 0 Å². The number of rotatable bonds is 2. The van der Waals surface area contributed by atoms with Gasteiger partial charge in [0.25, 0.3) is 0 Å². The Morgan fingerprint density at radius 2 is 1.81 bits per heavy atom. The van der Waals surface area contributed by atoms with E-state index in [1.165, 1.54) is 24.3 Å². The van der Waals surface area contributed by atoms with Crippen LogP contribution in [0.4, 0.5) is 18.9 Å². The van der Waals surface area contributed by atoms with Gasteiger partial charge < -0.3 is 20.1 Å². The van der Waals surface area contributed by atoms with Crippen molar-refractivity contribution in [3.63, 3.8) is 0 Å². The van der Waals surface area contributed by atoms with E-state index < -0.39 is 6.36 Å². The van der Waals surface area contributed by atoms with Crippen molar-refractivity contribution in [2.24, 2.45) is 0 Å². The molecule has 116 valence electrons. The van der Waals surface area contributed by atoms with Crippen molar-refractivity contribution in [2.75, 3.05) is 18.4 Å². The first-order chi connectivity index (χ1) is 9.83. The van der Waals surface area contributed by atoms with E-state index >= 15 is 0 Å². The monoisotopic (exact) mass is 320 g/mol. The number of ether oxygens (including phenoxy) is 1. The summed E-state index contributed by atoms with van der Waals surface area (Å²) < 4.78 is 39.9. The van der Waals surface area contributed by atoms with Crippen LogP contribution < -0.4 is 10.1 Å². The number of piperidine rings is 1. The highest BCUT2D eigenvalue weighted by atomic mass is 32.1. The van der Waals surface area contributed by atoms with Gasteiger partial charge in [0, 0.05) is 18.8 Å². The quantitative estimate of drug-likeness (QED) is 0.821. The molecule has 0 aliphatic carbocycles. The van der Waals surface area contributed by atoms with E-state index in [0.717, 1.165) is 0 Å². The molecular formula is C13H15F3N2O2S. The van der Waals surface area contributed by atoms with Gasteiger partial charge in [0.05, 0.1) is 6.10 Å². The van der Waals surface area contributed by atoms with Crippen molar-refractivity contribution in [3.05, 3.63) is 24.3 Å². The van der Waals surface area contributed by atoms with Gasteiger partial charge in [-0.3, -0.25) is 0 Å². The van der Waals surface area contributed by atoms with Gasteiger partial charge >= 0.3 is 6.36 Å². The molecule has 2 rings (SSSR count). The first kappa shape index (κ1) is 15.8. The SMILES string of the molecule is OC1CCN(C(=S)Nc2ccc(OC(F)(F)F)cc2)CC1. The van der Waals surface area contributed by atoms with Gasteiger partial charge in [-0.1, -0.05) is 0 Å². The lowest BCUT2D eigenvalue weighted by Gasteiger charge is -2.31. The topological polar surface area (TPSA) is 44.7 Å². The Morgan fingerprint density at radius 1 is 1.24 bits per heavy atom. The third-order valence-corrected chi connectivity index (χ3v) is 3.45. The van der Waals surface area contributed by atoms with Crippen molar-refractivity contribution in [3.8, 4) is 5.75 Å². The van der Waals surface area contributed by atoms with E-state index in [4.69, 9.17) is 12.2 Å². The van der Waals surface area contributed by atoms with Crippen LogP contribution in [-0.4, -0.2) is 40.7 Å². The van der Waals surface area contributed by atoms with Crippen molar-refractivity contribution in [1.82, 2.24) is 4.90 Å². The van der Waals surface area contributed by atoms with Gasteiger partial charge in [-0.2, -0.15) is 0 Å². The number of nitrogens with zero attached hydrogens (tertiary/aromatic N) is 1. The summed E-state index contributed by atoms with van der Waals surface area (Å²) in [6.07, 6.45) is -3.68. The minimum Gasteiger partial charge on any atom is -0.406 e. The summed E-state index contributed by atoms with van der Waals surface area (Å²) in [5, 5.41) is 12.9. The first-order valence-electron chi connectivity index (χ1n) is 6.43. The van der Waals surface area contributed by atoms with Crippen molar-refractivity contribution in [1.29, 1.82) is 0 Å². The zero-order chi connectivity index (χ0) is 15.5. The van der Waals surface area contributed by atoms with Gasteiger partial charge in [-0.15, -0.1) is 13.2 Å². The molecule has 0 radical (unpaired) electrons. The lowest BCUT2D eigenvalue weighted by Crippen LogP contribution is -2.42. The van der Waals surface area contributed by atoms with E-state index in [1.807, 2.05) is 4.90 Å². The lowest BCUT2D eigenvalue weighted by atomic mass is 10.1. The van der Waals surface area contributed by atoms with Crippen LogP contribution in [0.1, 0.15) is 12.8 Å². The van der Waals surface area contributed by atoms with Crippen LogP contribution in [-0.2, 0) is 0 Å². The molecule has 0 saturated carbocycles. The van der Waals surface area contributed by atoms with E-state index in [-0.39, 0.29) is 11.9 Å². The number of halogens is 3. The number of hydrogen-bond donors (Lipinski definition) is 2. The molecule has 0 bridgehead atoms. The molecule has 0 unspecified atom stereocenters. The number of thiocarbonyl (C=S) groups is 1. The maximum Gasteiger partial charge on any atom is 0.573 e. The second-order valence-electron chi connectivity index (χ2n) is 4.72. The molecule has 1 heterocycles. The molecule has 1 fully saturated rings. The van der Waals surface area contributed by atoms with E-state index in [9.17, 15) is 18.3 Å². The Hall–Kier alpha value is -1.54. The summed E-state index contributed by atoms with van der Waals surface area (Å²) in [4.78, 5) is 1.92. The average molecular weight is 320 g/mol. The van der Waals surface area contributed by atoms with Crippen LogP contribution in [0.5, 0.6) is 5.75 Å². The van der Waals surface area contributed by atoms with E-state index in [1.54, 1.807) is 0 Å². The second kappa shape index (κ2) is 6.48. The largest absolute Gasteiger partial charge is 0.573 e. The zero-order valence-corrected chi connectivity index (χ0v) is 11.9. The van der Waals surface area contributed by atoms with Crippen LogP contribution in [0.15, 0.2) is 24.3 Å². The van der Waals surface area contributed by atoms with Gasteiger partial charge in [-0.25, -0.2) is 0 Å². The number of nitrogens with one attached hydrogen (secondary N) is 1. The van der Waals surface area contributed by atoms with E-state index in [0.29, 0.717) is 36.7 Å². The van der Waals surface area contributed by atoms with Crippen molar-refractivity contribution in [2.45, 2.75) is 25.3 Å². The van der Waals surface area contributed by atoms with Gasteiger partial charge in [0.2, 0.25) is 0 Å². The van der Waals surface area contributed by atoms with Crippen LogP contribution in [0.3, 0.4) is 0 Å². The molecule has 1 saturated heterocycles. The molecule has 4 nitrogen and oxygen atoms in total. The summed E-state index contributed by atoms with van der Waals surface area (Å²) in [5.74, 6) is -0.278. The summed E-state index contributed by atoms with van der Waals surface area (Å²) in [6, 6.07) is 5.37. The average Bonchev–Trinajstić information content (AvgIpc) is 2.40. The summed E-state index contributed by atoms with van der Waals surface area (Å²) in [6.45, 7) is 1.31. The van der Waals surface area contributed by atoms with Crippen LogP contribution >= 0.6 is 12.2 Å². The molecule has 8 heteroatoms. The normalized spacial score (nSPS) is 16.7. The lowest BCUT2D eigenvalue weighted by molar-refractivity contribution is -0.274. The number of benzene rings is 1. The minimum absolute atomic E-state index is 0.278. The summed E-state index contributed by atoms with van der Waals surface area (Å²) >= 11 is 5.24. The minimum atomic E-state index is -4.70. The number of hydrogen-bond acceptors (Lipinski definition) is 3. The fourth-order valence-corrected chi connectivity index (χ4v) is 2.31. The molecule has 0 atom stereocenters.